The molecule has 5 nitrogen and oxygen atoms in total. The van der Waals surface area contributed by atoms with Gasteiger partial charge in [-0.15, -0.1) is 0 Å². The van der Waals surface area contributed by atoms with E-state index in [1.807, 2.05) is 5.32 Å². The number of rotatable bonds is 5. The number of pyridine rings is 1. The predicted molar refractivity (Wildman–Crippen MR) is 66.0 cm³/mol. The summed E-state index contributed by atoms with van der Waals surface area (Å²) in [5.74, 6) is -5.41. The Morgan fingerprint density at radius 2 is 2.05 bits per heavy atom. The van der Waals surface area contributed by atoms with Crippen LogP contribution in [-0.4, -0.2) is 39.2 Å². The molecule has 2 rings (SSSR count). The molecule has 0 aliphatic heterocycles. The molecular formula is C13H16F2N2O3. The minimum Gasteiger partial charge on any atom is -0.387 e. The maximum atomic E-state index is 13.7. The summed E-state index contributed by atoms with van der Waals surface area (Å²) in [5.41, 5.74) is -1.79. The average molecular weight is 286 g/mol. The zero-order valence-corrected chi connectivity index (χ0v) is 10.7. The summed E-state index contributed by atoms with van der Waals surface area (Å²) in [6.45, 7) is -0.353. The minimum absolute atomic E-state index is 0.0969. The Balaban J connectivity index is 1.92. The van der Waals surface area contributed by atoms with Gasteiger partial charge in [-0.3, -0.25) is 9.78 Å². The molecule has 1 aromatic rings. The number of aromatic nitrogens is 1. The van der Waals surface area contributed by atoms with Gasteiger partial charge in [0, 0.05) is 18.9 Å². The molecule has 1 aromatic heterocycles. The summed E-state index contributed by atoms with van der Waals surface area (Å²) < 4.78 is 27.5. The molecule has 7 heteroatoms. The van der Waals surface area contributed by atoms with Crippen molar-refractivity contribution in [3.63, 3.8) is 0 Å². The van der Waals surface area contributed by atoms with Gasteiger partial charge in [0.2, 0.25) is 0 Å². The molecule has 1 aliphatic rings. The molecule has 3 N–H and O–H groups in total. The topological polar surface area (TPSA) is 82.5 Å². The number of halogens is 2. The van der Waals surface area contributed by atoms with Crippen molar-refractivity contribution >= 4 is 5.91 Å². The first-order valence-electron chi connectivity index (χ1n) is 6.33. The van der Waals surface area contributed by atoms with Gasteiger partial charge < -0.3 is 15.5 Å². The minimum atomic E-state index is -3.84. The second-order valence-electron chi connectivity index (χ2n) is 4.97. The highest BCUT2D eigenvalue weighted by atomic mass is 19.3. The molecule has 1 heterocycles. The number of hydrogen-bond acceptors (Lipinski definition) is 4. The fourth-order valence-corrected chi connectivity index (χ4v) is 2.04. The van der Waals surface area contributed by atoms with Gasteiger partial charge in [-0.05, 0) is 37.0 Å². The highest BCUT2D eigenvalue weighted by Crippen LogP contribution is 2.44. The summed E-state index contributed by atoms with van der Waals surface area (Å²) in [7, 11) is 0. The number of carbonyl (C=O) groups excluding carboxylic acids is 1. The van der Waals surface area contributed by atoms with Crippen LogP contribution in [0.3, 0.4) is 0 Å². The van der Waals surface area contributed by atoms with Crippen LogP contribution in [0, 0.1) is 0 Å². The lowest BCUT2D eigenvalue weighted by atomic mass is 9.75. The number of aliphatic hydroxyl groups is 2. The SMILES string of the molecule is O=C(NCC(O)c1ccncc1)C(F)(F)C1(O)CCC1. The van der Waals surface area contributed by atoms with Gasteiger partial charge in [-0.1, -0.05) is 0 Å². The van der Waals surface area contributed by atoms with Crippen molar-refractivity contribution in [3.8, 4) is 0 Å². The van der Waals surface area contributed by atoms with Crippen molar-refractivity contribution in [3.05, 3.63) is 30.1 Å². The van der Waals surface area contributed by atoms with Crippen LogP contribution in [0.25, 0.3) is 0 Å². The Morgan fingerprint density at radius 1 is 1.45 bits per heavy atom. The van der Waals surface area contributed by atoms with E-state index in [9.17, 15) is 23.8 Å². The largest absolute Gasteiger partial charge is 0.387 e. The Bertz CT molecular complexity index is 478. The van der Waals surface area contributed by atoms with Crippen molar-refractivity contribution in [2.24, 2.45) is 0 Å². The summed E-state index contributed by atoms with van der Waals surface area (Å²) in [6, 6.07) is 3.04. The molecule has 20 heavy (non-hydrogen) atoms. The van der Waals surface area contributed by atoms with Crippen LogP contribution in [0.1, 0.15) is 30.9 Å². The molecule has 110 valence electrons. The molecule has 0 bridgehead atoms. The molecule has 0 aromatic carbocycles. The van der Waals surface area contributed by atoms with Crippen LogP contribution in [0.4, 0.5) is 8.78 Å². The molecule has 1 unspecified atom stereocenters. The fraction of sp³-hybridized carbons (Fsp3) is 0.538. The van der Waals surface area contributed by atoms with Gasteiger partial charge in [-0.2, -0.15) is 8.78 Å². The zero-order valence-electron chi connectivity index (χ0n) is 10.7. The molecule has 0 radical (unpaired) electrons. The first-order chi connectivity index (χ1) is 9.37. The Morgan fingerprint density at radius 3 is 2.55 bits per heavy atom. The van der Waals surface area contributed by atoms with Gasteiger partial charge in [0.1, 0.15) is 5.60 Å². The van der Waals surface area contributed by atoms with Crippen LogP contribution >= 0.6 is 0 Å². The second kappa shape index (κ2) is 5.41. The summed E-state index contributed by atoms with van der Waals surface area (Å²) >= 11 is 0. The number of amides is 1. The number of nitrogens with one attached hydrogen (secondary N) is 1. The normalized spacial score (nSPS) is 19.0. The first kappa shape index (κ1) is 14.8. The molecular weight excluding hydrogens is 270 g/mol. The van der Waals surface area contributed by atoms with E-state index >= 15 is 0 Å². The zero-order chi connectivity index (χ0) is 14.8. The summed E-state index contributed by atoms with van der Waals surface area (Å²) in [5, 5.41) is 21.3. The Kier molecular flexibility index (Phi) is 4.01. The summed E-state index contributed by atoms with van der Waals surface area (Å²) in [6.07, 6.45) is 2.08. The van der Waals surface area contributed by atoms with Crippen LogP contribution in [0.15, 0.2) is 24.5 Å². The Labute approximate surface area is 114 Å². The Hall–Kier alpha value is -1.60. The quantitative estimate of drug-likeness (QED) is 0.747. The molecule has 1 aliphatic carbocycles. The van der Waals surface area contributed by atoms with E-state index < -0.39 is 23.5 Å². The monoisotopic (exact) mass is 286 g/mol. The number of alkyl halides is 2. The van der Waals surface area contributed by atoms with Crippen molar-refractivity contribution in [2.45, 2.75) is 36.9 Å². The van der Waals surface area contributed by atoms with Gasteiger partial charge in [0.15, 0.2) is 0 Å². The van der Waals surface area contributed by atoms with E-state index in [1.54, 1.807) is 0 Å². The third kappa shape index (κ3) is 2.64. The molecule has 1 amide bonds. The second-order valence-corrected chi connectivity index (χ2v) is 4.97. The standard InChI is InChI=1S/C13H16F2N2O3/c14-13(15,12(20)4-1-5-12)11(19)17-8-10(18)9-2-6-16-7-3-9/h2-3,6-7,10,18,20H,1,4-5,8H2,(H,17,19). The van der Waals surface area contributed by atoms with Gasteiger partial charge in [0.05, 0.1) is 6.10 Å². The van der Waals surface area contributed by atoms with E-state index in [2.05, 4.69) is 4.98 Å². The number of hydrogen-bond donors (Lipinski definition) is 3. The lowest BCUT2D eigenvalue weighted by Crippen LogP contribution is -2.60. The van der Waals surface area contributed by atoms with E-state index in [1.165, 1.54) is 24.5 Å². The molecule has 1 atom stereocenters. The molecule has 1 fully saturated rings. The van der Waals surface area contributed by atoms with Crippen LogP contribution in [-0.2, 0) is 4.79 Å². The first-order valence-corrected chi connectivity index (χ1v) is 6.33. The summed E-state index contributed by atoms with van der Waals surface area (Å²) in [4.78, 5) is 15.3. The van der Waals surface area contributed by atoms with Crippen LogP contribution in [0.5, 0.6) is 0 Å². The number of carbonyl (C=O) groups is 1. The highest BCUT2D eigenvalue weighted by molar-refractivity contribution is 5.85. The van der Waals surface area contributed by atoms with E-state index in [0.717, 1.165) is 0 Å². The van der Waals surface area contributed by atoms with E-state index in [4.69, 9.17) is 0 Å². The van der Waals surface area contributed by atoms with Crippen molar-refractivity contribution < 1.29 is 23.8 Å². The van der Waals surface area contributed by atoms with Gasteiger partial charge in [0.25, 0.3) is 5.91 Å². The van der Waals surface area contributed by atoms with E-state index in [0.29, 0.717) is 12.0 Å². The maximum Gasteiger partial charge on any atom is 0.352 e. The molecule has 1 saturated carbocycles. The smallest absolute Gasteiger partial charge is 0.352 e. The third-order valence-corrected chi connectivity index (χ3v) is 3.60. The van der Waals surface area contributed by atoms with Crippen molar-refractivity contribution in [1.82, 2.24) is 10.3 Å². The average Bonchev–Trinajstić information content (AvgIpc) is 2.42. The number of aliphatic hydroxyl groups excluding tert-OH is 1. The highest BCUT2D eigenvalue weighted by Gasteiger charge is 2.61. The van der Waals surface area contributed by atoms with Crippen LogP contribution in [0.2, 0.25) is 0 Å². The van der Waals surface area contributed by atoms with Crippen molar-refractivity contribution in [1.29, 1.82) is 0 Å². The van der Waals surface area contributed by atoms with E-state index in [-0.39, 0.29) is 19.4 Å². The lowest BCUT2D eigenvalue weighted by Gasteiger charge is -2.41. The molecule has 0 spiro atoms. The van der Waals surface area contributed by atoms with Gasteiger partial charge in [-0.25, -0.2) is 0 Å². The maximum absolute atomic E-state index is 13.7. The third-order valence-electron chi connectivity index (χ3n) is 3.60. The fourth-order valence-electron chi connectivity index (χ4n) is 2.04. The lowest BCUT2D eigenvalue weighted by molar-refractivity contribution is -0.216. The predicted octanol–water partition coefficient (Wildman–Crippen LogP) is 0.781. The molecule has 0 saturated heterocycles. The van der Waals surface area contributed by atoms with Crippen molar-refractivity contribution in [2.75, 3.05) is 6.54 Å². The van der Waals surface area contributed by atoms with Crippen LogP contribution < -0.4 is 5.32 Å². The van der Waals surface area contributed by atoms with Gasteiger partial charge >= 0.3 is 5.92 Å². The number of nitrogens with zero attached hydrogens (tertiary/aromatic N) is 1.